The van der Waals surface area contributed by atoms with Crippen molar-refractivity contribution in [2.24, 2.45) is 0 Å². The van der Waals surface area contributed by atoms with Crippen molar-refractivity contribution in [2.75, 3.05) is 0 Å². The van der Waals surface area contributed by atoms with Gasteiger partial charge in [-0.05, 0) is 61.9 Å². The highest BCUT2D eigenvalue weighted by Crippen LogP contribution is 2.33. The molecule has 32 heavy (non-hydrogen) atoms. The van der Waals surface area contributed by atoms with E-state index in [9.17, 15) is 9.18 Å². The molecule has 4 rings (SSSR count). The molecule has 1 aromatic carbocycles. The minimum atomic E-state index is -0.549. The molecule has 0 spiro atoms. The zero-order valence-electron chi connectivity index (χ0n) is 18.1. The fourth-order valence-corrected chi connectivity index (χ4v) is 4.72. The van der Waals surface area contributed by atoms with Crippen molar-refractivity contribution in [1.82, 2.24) is 10.3 Å². The maximum atomic E-state index is 14.1. The highest BCUT2D eigenvalue weighted by atomic mass is 32.1. The predicted molar refractivity (Wildman–Crippen MR) is 123 cm³/mol. The molecule has 1 amide bonds. The summed E-state index contributed by atoms with van der Waals surface area (Å²) in [4.78, 5) is 17.4. The normalized spacial score (nSPS) is 14.2. The number of amides is 1. The van der Waals surface area contributed by atoms with Gasteiger partial charge >= 0.3 is 6.09 Å². The smallest absolute Gasteiger partial charge is 0.407 e. The molecular weight excluding hydrogens is 427 g/mol. The third kappa shape index (κ3) is 5.85. The molecule has 1 N–H and O–H groups in total. The molecule has 0 saturated heterocycles. The van der Waals surface area contributed by atoms with Gasteiger partial charge in [-0.25, -0.2) is 9.78 Å². The Morgan fingerprint density at radius 3 is 2.69 bits per heavy atom. The molecule has 2 heterocycles. The molecule has 168 valence electrons. The fourth-order valence-electron chi connectivity index (χ4n) is 3.85. The number of benzene rings is 1. The van der Waals surface area contributed by atoms with Crippen molar-refractivity contribution in [2.45, 2.75) is 58.3 Å². The Morgan fingerprint density at radius 1 is 1.16 bits per heavy atom. The Hall–Kier alpha value is -2.93. The zero-order valence-corrected chi connectivity index (χ0v) is 18.9. The SMILES string of the molecule is Cc1nc(-c2sc(F)cc2CNC(=O)OCc2ccccc2)ccc1OC1CCCCC1. The molecule has 0 unspecified atom stereocenters. The molecule has 3 aromatic rings. The van der Waals surface area contributed by atoms with Crippen LogP contribution in [-0.2, 0) is 17.9 Å². The summed E-state index contributed by atoms with van der Waals surface area (Å²) in [6.45, 7) is 2.25. The molecule has 0 bridgehead atoms. The number of ether oxygens (including phenoxy) is 2. The second kappa shape index (κ2) is 10.6. The number of hydrogen-bond donors (Lipinski definition) is 1. The highest BCUT2D eigenvalue weighted by molar-refractivity contribution is 7.14. The van der Waals surface area contributed by atoms with E-state index >= 15 is 0 Å². The second-order valence-electron chi connectivity index (χ2n) is 7.98. The van der Waals surface area contributed by atoms with E-state index in [1.165, 1.54) is 25.3 Å². The molecule has 1 fully saturated rings. The monoisotopic (exact) mass is 454 g/mol. The van der Waals surface area contributed by atoms with Crippen molar-refractivity contribution >= 4 is 17.4 Å². The predicted octanol–water partition coefficient (Wildman–Crippen LogP) is 6.40. The summed E-state index contributed by atoms with van der Waals surface area (Å²) < 4.78 is 25.5. The summed E-state index contributed by atoms with van der Waals surface area (Å²) in [5.41, 5.74) is 3.02. The first-order chi connectivity index (χ1) is 15.6. The van der Waals surface area contributed by atoms with E-state index in [1.807, 2.05) is 49.4 Å². The number of halogens is 1. The van der Waals surface area contributed by atoms with Crippen LogP contribution in [0.4, 0.5) is 9.18 Å². The number of hydrogen-bond acceptors (Lipinski definition) is 5. The number of rotatable bonds is 7. The Morgan fingerprint density at radius 2 is 1.94 bits per heavy atom. The van der Waals surface area contributed by atoms with E-state index < -0.39 is 6.09 Å². The first kappa shape index (κ1) is 22.3. The van der Waals surface area contributed by atoms with Crippen molar-refractivity contribution in [3.63, 3.8) is 0 Å². The van der Waals surface area contributed by atoms with Crippen molar-refractivity contribution in [3.8, 4) is 16.3 Å². The van der Waals surface area contributed by atoms with E-state index in [2.05, 4.69) is 10.3 Å². The number of carbonyl (C=O) groups excluding carboxylic acids is 1. The maximum absolute atomic E-state index is 14.1. The Bertz CT molecular complexity index is 1050. The maximum Gasteiger partial charge on any atom is 0.407 e. The summed E-state index contributed by atoms with van der Waals surface area (Å²) in [5, 5.41) is 2.38. The molecule has 1 saturated carbocycles. The van der Waals surface area contributed by atoms with Crippen LogP contribution in [-0.4, -0.2) is 17.2 Å². The van der Waals surface area contributed by atoms with Crippen LogP contribution >= 0.6 is 11.3 Å². The highest BCUT2D eigenvalue weighted by Gasteiger charge is 2.18. The van der Waals surface area contributed by atoms with E-state index in [0.717, 1.165) is 41.2 Å². The van der Waals surface area contributed by atoms with Gasteiger partial charge in [0.1, 0.15) is 12.4 Å². The molecule has 1 aliphatic rings. The number of aromatic nitrogens is 1. The largest absolute Gasteiger partial charge is 0.489 e. The third-order valence-corrected chi connectivity index (χ3v) is 6.52. The number of carbonyl (C=O) groups is 1. The van der Waals surface area contributed by atoms with Crippen LogP contribution in [0.2, 0.25) is 0 Å². The van der Waals surface area contributed by atoms with Crippen LogP contribution in [0, 0.1) is 12.1 Å². The molecule has 0 aliphatic heterocycles. The van der Waals surface area contributed by atoms with Crippen molar-refractivity contribution in [1.29, 1.82) is 0 Å². The lowest BCUT2D eigenvalue weighted by atomic mass is 9.98. The minimum Gasteiger partial charge on any atom is -0.489 e. The number of nitrogens with zero attached hydrogens (tertiary/aromatic N) is 1. The van der Waals surface area contributed by atoms with Gasteiger partial charge in [-0.1, -0.05) is 36.8 Å². The van der Waals surface area contributed by atoms with E-state index in [4.69, 9.17) is 9.47 Å². The van der Waals surface area contributed by atoms with Gasteiger partial charge in [0.15, 0.2) is 5.13 Å². The quantitative estimate of drug-likeness (QED) is 0.449. The molecule has 2 aromatic heterocycles. The second-order valence-corrected chi connectivity index (χ2v) is 8.98. The van der Waals surface area contributed by atoms with Crippen LogP contribution in [0.1, 0.15) is 48.9 Å². The van der Waals surface area contributed by atoms with Crippen LogP contribution in [0.3, 0.4) is 0 Å². The summed E-state index contributed by atoms with van der Waals surface area (Å²) >= 11 is 1.02. The average Bonchev–Trinajstić information content (AvgIpc) is 3.19. The number of aryl methyl sites for hydroxylation is 1. The van der Waals surface area contributed by atoms with E-state index in [1.54, 1.807) is 0 Å². The van der Waals surface area contributed by atoms with Gasteiger partial charge in [0, 0.05) is 6.54 Å². The van der Waals surface area contributed by atoms with Gasteiger partial charge in [-0.15, -0.1) is 11.3 Å². The molecule has 7 heteroatoms. The first-order valence-corrected chi connectivity index (χ1v) is 11.8. The van der Waals surface area contributed by atoms with E-state index in [0.29, 0.717) is 16.1 Å². The lowest BCUT2D eigenvalue weighted by Crippen LogP contribution is -2.23. The summed E-state index contributed by atoms with van der Waals surface area (Å²) in [7, 11) is 0. The molecule has 0 radical (unpaired) electrons. The van der Waals surface area contributed by atoms with Gasteiger partial charge in [0.25, 0.3) is 0 Å². The first-order valence-electron chi connectivity index (χ1n) is 11.0. The summed E-state index contributed by atoms with van der Waals surface area (Å²) in [5.74, 6) is 0.779. The topological polar surface area (TPSA) is 60.5 Å². The van der Waals surface area contributed by atoms with Crippen LogP contribution < -0.4 is 10.1 Å². The van der Waals surface area contributed by atoms with Crippen molar-refractivity contribution in [3.05, 3.63) is 70.5 Å². The number of thiophene rings is 1. The lowest BCUT2D eigenvalue weighted by Gasteiger charge is -2.23. The van der Waals surface area contributed by atoms with Gasteiger partial charge in [-0.2, -0.15) is 4.39 Å². The number of alkyl carbamates (subject to hydrolysis) is 1. The third-order valence-electron chi connectivity index (χ3n) is 5.53. The minimum absolute atomic E-state index is 0.157. The standard InChI is InChI=1S/C25H27FN2O3S/c1-17-22(31-20-10-6-3-7-11-20)13-12-21(28-17)24-19(14-23(26)32-24)15-27-25(29)30-16-18-8-4-2-5-9-18/h2,4-5,8-9,12-14,20H,3,6-7,10-11,15-16H2,1H3,(H,27,29). The van der Waals surface area contributed by atoms with Crippen molar-refractivity contribution < 1.29 is 18.7 Å². The van der Waals surface area contributed by atoms with Gasteiger partial charge in [0.2, 0.25) is 0 Å². The molecule has 1 aliphatic carbocycles. The Balaban J connectivity index is 1.39. The summed E-state index contributed by atoms with van der Waals surface area (Å²) in [6, 6.07) is 14.6. The van der Waals surface area contributed by atoms with E-state index in [-0.39, 0.29) is 24.4 Å². The Labute approximate surface area is 191 Å². The van der Waals surface area contributed by atoms with Crippen LogP contribution in [0.25, 0.3) is 10.6 Å². The average molecular weight is 455 g/mol. The molecule has 5 nitrogen and oxygen atoms in total. The van der Waals surface area contributed by atoms with Gasteiger partial charge in [-0.3, -0.25) is 0 Å². The molecular formula is C25H27FN2O3S. The van der Waals surface area contributed by atoms with Crippen LogP contribution in [0.15, 0.2) is 48.5 Å². The number of pyridine rings is 1. The fraction of sp³-hybridized carbons (Fsp3) is 0.360. The van der Waals surface area contributed by atoms with Gasteiger partial charge < -0.3 is 14.8 Å². The molecule has 0 atom stereocenters. The zero-order chi connectivity index (χ0) is 22.3. The van der Waals surface area contributed by atoms with Crippen LogP contribution in [0.5, 0.6) is 5.75 Å². The number of nitrogens with one attached hydrogen (secondary N) is 1. The summed E-state index contributed by atoms with van der Waals surface area (Å²) in [6.07, 6.45) is 5.53. The van der Waals surface area contributed by atoms with Gasteiger partial charge in [0.05, 0.1) is 22.4 Å². The lowest BCUT2D eigenvalue weighted by molar-refractivity contribution is 0.139. The Kier molecular flexibility index (Phi) is 7.37.